The van der Waals surface area contributed by atoms with E-state index >= 15 is 0 Å². The SMILES string of the molecule is NCC#Cc1nc[nH]c1C#CCN. The second-order valence-corrected chi connectivity index (χ2v) is 2.14. The van der Waals surface area contributed by atoms with E-state index in [1.165, 1.54) is 0 Å². The molecule has 0 bridgehead atoms. The Labute approximate surface area is 76.7 Å². The molecule has 0 aromatic carbocycles. The fourth-order valence-electron chi connectivity index (χ4n) is 0.759. The van der Waals surface area contributed by atoms with E-state index in [1.54, 1.807) is 6.33 Å². The third kappa shape index (κ3) is 2.64. The molecule has 0 aliphatic rings. The van der Waals surface area contributed by atoms with Gasteiger partial charge in [-0.05, 0) is 11.8 Å². The first-order valence-electron chi connectivity index (χ1n) is 3.79. The molecule has 0 aliphatic heterocycles. The minimum atomic E-state index is 0.316. The number of H-pyrrole nitrogens is 1. The second kappa shape index (κ2) is 5.00. The zero-order valence-electron chi connectivity index (χ0n) is 7.09. The lowest BCUT2D eigenvalue weighted by molar-refractivity contribution is 1.28. The van der Waals surface area contributed by atoms with Gasteiger partial charge in [0, 0.05) is 0 Å². The largest absolute Gasteiger partial charge is 0.337 e. The summed E-state index contributed by atoms with van der Waals surface area (Å²) >= 11 is 0. The van der Waals surface area contributed by atoms with Crippen LogP contribution >= 0.6 is 0 Å². The molecule has 0 aliphatic carbocycles. The van der Waals surface area contributed by atoms with Crippen molar-refractivity contribution in [1.29, 1.82) is 0 Å². The fraction of sp³-hybridized carbons (Fsp3) is 0.222. The van der Waals surface area contributed by atoms with E-state index in [2.05, 4.69) is 33.6 Å². The summed E-state index contributed by atoms with van der Waals surface area (Å²) in [5.74, 6) is 11.0. The third-order valence-corrected chi connectivity index (χ3v) is 1.26. The monoisotopic (exact) mass is 174 g/mol. The maximum atomic E-state index is 5.23. The van der Waals surface area contributed by atoms with Crippen LogP contribution in [0.25, 0.3) is 0 Å². The van der Waals surface area contributed by atoms with Crippen LogP contribution < -0.4 is 11.5 Å². The van der Waals surface area contributed by atoms with Gasteiger partial charge < -0.3 is 16.5 Å². The van der Waals surface area contributed by atoms with Gasteiger partial charge >= 0.3 is 0 Å². The quantitative estimate of drug-likeness (QED) is 0.443. The normalized spacial score (nSPS) is 8.15. The van der Waals surface area contributed by atoms with Crippen molar-refractivity contribution in [2.24, 2.45) is 11.5 Å². The van der Waals surface area contributed by atoms with Crippen LogP contribution in [-0.4, -0.2) is 23.1 Å². The van der Waals surface area contributed by atoms with Gasteiger partial charge in [0.15, 0.2) is 0 Å². The standard InChI is InChI=1S/C9H10N4/c10-5-1-3-8-9(4-2-6-11)13-7-12-8/h7H,5-6,10-11H2,(H,12,13). The first kappa shape index (κ1) is 9.34. The summed E-state index contributed by atoms with van der Waals surface area (Å²) in [5, 5.41) is 0. The van der Waals surface area contributed by atoms with E-state index in [0.717, 1.165) is 0 Å². The Bertz CT molecular complexity index is 346. The van der Waals surface area contributed by atoms with E-state index in [0.29, 0.717) is 24.5 Å². The average Bonchev–Trinajstić information content (AvgIpc) is 2.59. The summed E-state index contributed by atoms with van der Waals surface area (Å²) in [6, 6.07) is 0. The van der Waals surface area contributed by atoms with Crippen molar-refractivity contribution in [3.05, 3.63) is 17.7 Å². The molecule has 1 rings (SSSR count). The van der Waals surface area contributed by atoms with E-state index in [-0.39, 0.29) is 0 Å². The van der Waals surface area contributed by atoms with Crippen molar-refractivity contribution in [2.75, 3.05) is 13.1 Å². The molecule has 1 aromatic rings. The van der Waals surface area contributed by atoms with Crippen LogP contribution in [-0.2, 0) is 0 Å². The third-order valence-electron chi connectivity index (χ3n) is 1.26. The molecule has 0 spiro atoms. The maximum absolute atomic E-state index is 5.23. The number of nitrogens with zero attached hydrogens (tertiary/aromatic N) is 1. The molecular weight excluding hydrogens is 164 g/mol. The highest BCUT2D eigenvalue weighted by molar-refractivity contribution is 5.41. The van der Waals surface area contributed by atoms with Gasteiger partial charge in [-0.3, -0.25) is 0 Å². The zero-order chi connectivity index (χ0) is 9.52. The van der Waals surface area contributed by atoms with E-state index in [9.17, 15) is 0 Å². The Morgan fingerprint density at radius 2 is 1.92 bits per heavy atom. The Balaban J connectivity index is 2.89. The molecule has 0 unspecified atom stereocenters. The minimum Gasteiger partial charge on any atom is -0.337 e. The van der Waals surface area contributed by atoms with Gasteiger partial charge in [0.05, 0.1) is 19.4 Å². The Hall–Kier alpha value is -1.75. The van der Waals surface area contributed by atoms with Gasteiger partial charge in [-0.15, -0.1) is 0 Å². The second-order valence-electron chi connectivity index (χ2n) is 2.14. The van der Waals surface area contributed by atoms with E-state index in [1.807, 2.05) is 0 Å². The lowest BCUT2D eigenvalue weighted by Crippen LogP contribution is -1.94. The highest BCUT2D eigenvalue weighted by Crippen LogP contribution is 1.97. The molecule has 0 fully saturated rings. The van der Waals surface area contributed by atoms with Crippen LogP contribution in [0.15, 0.2) is 6.33 Å². The highest BCUT2D eigenvalue weighted by Gasteiger charge is 1.96. The van der Waals surface area contributed by atoms with Crippen molar-refractivity contribution in [1.82, 2.24) is 9.97 Å². The lowest BCUT2D eigenvalue weighted by Gasteiger charge is -1.82. The molecule has 0 amide bonds. The number of aromatic amines is 1. The number of nitrogens with one attached hydrogen (secondary N) is 1. The van der Waals surface area contributed by atoms with Gasteiger partial charge in [0.2, 0.25) is 0 Å². The molecule has 5 N–H and O–H groups in total. The van der Waals surface area contributed by atoms with Gasteiger partial charge in [-0.25, -0.2) is 4.98 Å². The number of imidazole rings is 1. The first-order chi connectivity index (χ1) is 6.38. The number of aromatic nitrogens is 2. The minimum absolute atomic E-state index is 0.316. The van der Waals surface area contributed by atoms with Crippen molar-refractivity contribution < 1.29 is 0 Å². The molecule has 0 saturated carbocycles. The number of rotatable bonds is 0. The highest BCUT2D eigenvalue weighted by atomic mass is 14.9. The first-order valence-corrected chi connectivity index (χ1v) is 3.79. The predicted molar refractivity (Wildman–Crippen MR) is 50.5 cm³/mol. The van der Waals surface area contributed by atoms with Crippen LogP contribution in [0.5, 0.6) is 0 Å². The topological polar surface area (TPSA) is 80.7 Å². The Kier molecular flexibility index (Phi) is 3.59. The van der Waals surface area contributed by atoms with E-state index < -0.39 is 0 Å². The number of hydrogen-bond acceptors (Lipinski definition) is 3. The van der Waals surface area contributed by atoms with Gasteiger partial charge in [0.1, 0.15) is 11.4 Å². The number of hydrogen-bond donors (Lipinski definition) is 3. The van der Waals surface area contributed by atoms with Crippen LogP contribution in [0.2, 0.25) is 0 Å². The molecule has 1 heterocycles. The summed E-state index contributed by atoms with van der Waals surface area (Å²) in [5.41, 5.74) is 11.8. The fourth-order valence-corrected chi connectivity index (χ4v) is 0.759. The summed E-state index contributed by atoms with van der Waals surface area (Å²) < 4.78 is 0. The summed E-state index contributed by atoms with van der Waals surface area (Å²) in [4.78, 5) is 6.84. The molecule has 1 aromatic heterocycles. The zero-order valence-corrected chi connectivity index (χ0v) is 7.09. The van der Waals surface area contributed by atoms with Crippen LogP contribution in [0, 0.1) is 23.7 Å². The Morgan fingerprint density at radius 3 is 2.62 bits per heavy atom. The molecule has 0 atom stereocenters. The van der Waals surface area contributed by atoms with Gasteiger partial charge in [-0.1, -0.05) is 11.8 Å². The summed E-state index contributed by atoms with van der Waals surface area (Å²) in [7, 11) is 0. The molecule has 66 valence electrons. The van der Waals surface area contributed by atoms with Crippen molar-refractivity contribution in [3.63, 3.8) is 0 Å². The van der Waals surface area contributed by atoms with Crippen LogP contribution in [0.4, 0.5) is 0 Å². The molecule has 0 radical (unpaired) electrons. The van der Waals surface area contributed by atoms with Crippen molar-refractivity contribution in [2.45, 2.75) is 0 Å². The smallest absolute Gasteiger partial charge is 0.147 e. The van der Waals surface area contributed by atoms with Crippen molar-refractivity contribution in [3.8, 4) is 23.7 Å². The lowest BCUT2D eigenvalue weighted by atomic mass is 10.3. The average molecular weight is 174 g/mol. The molecule has 4 heteroatoms. The van der Waals surface area contributed by atoms with E-state index in [4.69, 9.17) is 11.5 Å². The Morgan fingerprint density at radius 1 is 1.23 bits per heavy atom. The predicted octanol–water partition coefficient (Wildman–Crippen LogP) is -0.970. The van der Waals surface area contributed by atoms with Gasteiger partial charge in [-0.2, -0.15) is 0 Å². The molecular formula is C9H10N4. The van der Waals surface area contributed by atoms with Crippen LogP contribution in [0.3, 0.4) is 0 Å². The summed E-state index contributed by atoms with van der Waals surface area (Å²) in [6.45, 7) is 0.638. The van der Waals surface area contributed by atoms with Gasteiger partial charge in [0.25, 0.3) is 0 Å². The number of nitrogens with two attached hydrogens (primary N) is 2. The molecule has 13 heavy (non-hydrogen) atoms. The molecule has 4 nitrogen and oxygen atoms in total. The summed E-state index contributed by atoms with van der Waals surface area (Å²) in [6.07, 6.45) is 1.54. The van der Waals surface area contributed by atoms with Crippen molar-refractivity contribution >= 4 is 0 Å². The maximum Gasteiger partial charge on any atom is 0.147 e. The molecule has 0 saturated heterocycles. The van der Waals surface area contributed by atoms with Crippen LogP contribution in [0.1, 0.15) is 11.4 Å².